The third-order valence-electron chi connectivity index (χ3n) is 5.30. The maximum atomic E-state index is 13.1. The number of carbonyl (C=O) groups excluding carboxylic acids is 1. The van der Waals surface area contributed by atoms with Gasteiger partial charge in [-0.25, -0.2) is 9.97 Å². The van der Waals surface area contributed by atoms with E-state index in [1.165, 1.54) is 6.42 Å². The van der Waals surface area contributed by atoms with Crippen LogP contribution >= 0.6 is 0 Å². The second-order valence-electron chi connectivity index (χ2n) is 7.10. The van der Waals surface area contributed by atoms with Crippen molar-refractivity contribution < 1.29 is 4.79 Å². The quantitative estimate of drug-likeness (QED) is 0.852. The first-order valence-corrected chi connectivity index (χ1v) is 8.99. The Balaban J connectivity index is 1.63. The van der Waals surface area contributed by atoms with Gasteiger partial charge in [-0.2, -0.15) is 0 Å². The molecule has 0 N–H and O–H groups in total. The minimum absolute atomic E-state index is 0.0754. The highest BCUT2D eigenvalue weighted by molar-refractivity contribution is 5.93. The third kappa shape index (κ3) is 2.72. The summed E-state index contributed by atoms with van der Waals surface area (Å²) < 4.78 is 0. The average Bonchev–Trinajstić information content (AvgIpc) is 3.10. The molecule has 1 aromatic heterocycles. The number of rotatable bonds is 2. The lowest BCUT2D eigenvalue weighted by molar-refractivity contribution is -0.134. The summed E-state index contributed by atoms with van der Waals surface area (Å²) in [5.74, 6) is 1.79. The van der Waals surface area contributed by atoms with Crippen LogP contribution in [0.15, 0.2) is 30.6 Å². The Kier molecular flexibility index (Phi) is 4.08. The molecule has 2 fully saturated rings. The standard InChI is InChI=1S/C19H24N4O/c1-14-6-4-10-22(12-14)19(24)17-9-5-11-23(17)18-15-7-2-3-8-16(15)20-13-21-18/h2-3,7-8,13-14,17H,4-6,9-12H2,1H3. The van der Waals surface area contributed by atoms with Crippen molar-refractivity contribution >= 4 is 22.6 Å². The van der Waals surface area contributed by atoms with E-state index in [4.69, 9.17) is 0 Å². The second kappa shape index (κ2) is 6.38. The fourth-order valence-corrected chi connectivity index (χ4v) is 4.10. The maximum Gasteiger partial charge on any atom is 0.245 e. The van der Waals surface area contributed by atoms with Crippen LogP contribution in [0.25, 0.3) is 10.9 Å². The summed E-state index contributed by atoms with van der Waals surface area (Å²) in [6.45, 7) is 4.93. The fourth-order valence-electron chi connectivity index (χ4n) is 4.10. The van der Waals surface area contributed by atoms with Crippen molar-refractivity contribution in [1.29, 1.82) is 0 Å². The molecule has 5 heteroatoms. The molecule has 2 unspecified atom stereocenters. The second-order valence-corrected chi connectivity index (χ2v) is 7.10. The zero-order valence-corrected chi connectivity index (χ0v) is 14.2. The highest BCUT2D eigenvalue weighted by Crippen LogP contribution is 2.31. The zero-order valence-electron chi connectivity index (χ0n) is 14.2. The molecule has 3 heterocycles. The van der Waals surface area contributed by atoms with Crippen LogP contribution in [-0.2, 0) is 4.79 Å². The largest absolute Gasteiger partial charge is 0.344 e. The van der Waals surface area contributed by atoms with E-state index in [1.807, 2.05) is 24.3 Å². The van der Waals surface area contributed by atoms with Crippen LogP contribution in [0.4, 0.5) is 5.82 Å². The van der Waals surface area contributed by atoms with E-state index in [-0.39, 0.29) is 11.9 Å². The minimum atomic E-state index is -0.0754. The van der Waals surface area contributed by atoms with Gasteiger partial charge in [0.1, 0.15) is 18.2 Å². The summed E-state index contributed by atoms with van der Waals surface area (Å²) in [6.07, 6.45) is 5.92. The van der Waals surface area contributed by atoms with Gasteiger partial charge < -0.3 is 9.80 Å². The Morgan fingerprint density at radius 1 is 1.12 bits per heavy atom. The van der Waals surface area contributed by atoms with Crippen LogP contribution in [-0.4, -0.2) is 46.5 Å². The first-order chi connectivity index (χ1) is 11.7. The van der Waals surface area contributed by atoms with Gasteiger partial charge in [-0.05, 0) is 43.7 Å². The molecule has 0 spiro atoms. The molecular formula is C19H24N4O. The number of amides is 1. The number of fused-ring (bicyclic) bond motifs is 1. The summed E-state index contributed by atoms with van der Waals surface area (Å²) in [4.78, 5) is 26.3. The highest BCUT2D eigenvalue weighted by Gasteiger charge is 2.36. The van der Waals surface area contributed by atoms with E-state index in [2.05, 4.69) is 26.7 Å². The molecule has 0 radical (unpaired) electrons. The van der Waals surface area contributed by atoms with Crippen LogP contribution in [0.2, 0.25) is 0 Å². The fraction of sp³-hybridized carbons (Fsp3) is 0.526. The van der Waals surface area contributed by atoms with Gasteiger partial charge in [0, 0.05) is 25.0 Å². The topological polar surface area (TPSA) is 49.3 Å². The van der Waals surface area contributed by atoms with E-state index < -0.39 is 0 Å². The van der Waals surface area contributed by atoms with Crippen molar-refractivity contribution in [3.8, 4) is 0 Å². The molecule has 2 saturated heterocycles. The number of piperidine rings is 1. The summed E-state index contributed by atoms with van der Waals surface area (Å²) in [6, 6.07) is 7.97. The van der Waals surface area contributed by atoms with Gasteiger partial charge in [-0.3, -0.25) is 4.79 Å². The summed E-state index contributed by atoms with van der Waals surface area (Å²) in [5.41, 5.74) is 0.937. The molecule has 0 bridgehead atoms. The lowest BCUT2D eigenvalue weighted by Gasteiger charge is -2.35. The molecule has 2 aromatic rings. The van der Waals surface area contributed by atoms with E-state index in [0.29, 0.717) is 5.92 Å². The monoisotopic (exact) mass is 324 g/mol. The number of benzene rings is 1. The molecule has 1 amide bonds. The van der Waals surface area contributed by atoms with Crippen LogP contribution in [0.5, 0.6) is 0 Å². The number of likely N-dealkylation sites (tertiary alicyclic amines) is 1. The van der Waals surface area contributed by atoms with Gasteiger partial charge in [0.05, 0.1) is 5.52 Å². The highest BCUT2D eigenvalue weighted by atomic mass is 16.2. The number of anilines is 1. The number of nitrogens with zero attached hydrogens (tertiary/aromatic N) is 4. The number of aromatic nitrogens is 2. The molecule has 2 aliphatic rings. The predicted molar refractivity (Wildman–Crippen MR) is 94.9 cm³/mol. The average molecular weight is 324 g/mol. The SMILES string of the molecule is CC1CCCN(C(=O)C2CCCN2c2ncnc3ccccc23)C1. The number of hydrogen-bond donors (Lipinski definition) is 0. The van der Waals surface area contributed by atoms with Gasteiger partial charge in [-0.1, -0.05) is 19.1 Å². The van der Waals surface area contributed by atoms with Gasteiger partial charge >= 0.3 is 0 Å². The normalized spacial score (nSPS) is 24.5. The third-order valence-corrected chi connectivity index (χ3v) is 5.30. The Morgan fingerprint density at radius 3 is 2.83 bits per heavy atom. The first-order valence-electron chi connectivity index (χ1n) is 8.99. The summed E-state index contributed by atoms with van der Waals surface area (Å²) in [7, 11) is 0. The van der Waals surface area contributed by atoms with Crippen molar-refractivity contribution in [2.24, 2.45) is 5.92 Å². The van der Waals surface area contributed by atoms with E-state index in [1.54, 1.807) is 6.33 Å². The first kappa shape index (κ1) is 15.4. The Morgan fingerprint density at radius 2 is 1.96 bits per heavy atom. The number of para-hydroxylation sites is 1. The van der Waals surface area contributed by atoms with Crippen LogP contribution in [0.1, 0.15) is 32.6 Å². The molecule has 0 aliphatic carbocycles. The number of carbonyl (C=O) groups is 1. The lowest BCUT2D eigenvalue weighted by atomic mass is 9.99. The van der Waals surface area contributed by atoms with Crippen LogP contribution in [0.3, 0.4) is 0 Å². The van der Waals surface area contributed by atoms with E-state index >= 15 is 0 Å². The number of hydrogen-bond acceptors (Lipinski definition) is 4. The molecule has 4 rings (SSSR count). The summed E-state index contributed by atoms with van der Waals surface area (Å²) in [5, 5.41) is 1.03. The zero-order chi connectivity index (χ0) is 16.5. The smallest absolute Gasteiger partial charge is 0.245 e. The lowest BCUT2D eigenvalue weighted by Crippen LogP contribution is -2.49. The molecule has 1 aromatic carbocycles. The predicted octanol–water partition coefficient (Wildman–Crippen LogP) is 2.86. The van der Waals surface area contributed by atoms with Gasteiger partial charge in [-0.15, -0.1) is 0 Å². The van der Waals surface area contributed by atoms with Gasteiger partial charge in [0.25, 0.3) is 0 Å². The molecule has 2 aliphatic heterocycles. The van der Waals surface area contributed by atoms with E-state index in [9.17, 15) is 4.79 Å². The summed E-state index contributed by atoms with van der Waals surface area (Å²) >= 11 is 0. The molecule has 5 nitrogen and oxygen atoms in total. The van der Waals surface area contributed by atoms with Crippen molar-refractivity contribution in [3.63, 3.8) is 0 Å². The van der Waals surface area contributed by atoms with Crippen molar-refractivity contribution in [3.05, 3.63) is 30.6 Å². The minimum Gasteiger partial charge on any atom is -0.344 e. The molecule has 2 atom stereocenters. The Labute approximate surface area is 142 Å². The maximum absolute atomic E-state index is 13.1. The molecular weight excluding hydrogens is 300 g/mol. The molecule has 126 valence electrons. The van der Waals surface area contributed by atoms with Crippen molar-refractivity contribution in [2.75, 3.05) is 24.5 Å². The molecule has 0 saturated carbocycles. The Bertz CT molecular complexity index is 742. The van der Waals surface area contributed by atoms with Gasteiger partial charge in [0.2, 0.25) is 5.91 Å². The van der Waals surface area contributed by atoms with Crippen LogP contribution < -0.4 is 4.90 Å². The molecule has 24 heavy (non-hydrogen) atoms. The van der Waals surface area contributed by atoms with Crippen LogP contribution in [0, 0.1) is 5.92 Å². The Hall–Kier alpha value is -2.17. The van der Waals surface area contributed by atoms with Crippen molar-refractivity contribution in [1.82, 2.24) is 14.9 Å². The van der Waals surface area contributed by atoms with Crippen molar-refractivity contribution in [2.45, 2.75) is 38.6 Å². The van der Waals surface area contributed by atoms with Gasteiger partial charge in [0.15, 0.2) is 0 Å². The van der Waals surface area contributed by atoms with E-state index in [0.717, 1.165) is 55.6 Å².